The van der Waals surface area contributed by atoms with Gasteiger partial charge in [-0.25, -0.2) is 0 Å². The Bertz CT molecular complexity index is 411. The molecule has 1 aliphatic rings. The molecule has 1 N–H and O–H groups in total. The van der Waals surface area contributed by atoms with E-state index in [1.54, 1.807) is 0 Å². The van der Waals surface area contributed by atoms with E-state index in [1.807, 2.05) is 6.92 Å². The molecule has 0 bridgehead atoms. The van der Waals surface area contributed by atoms with Crippen LogP contribution in [0.5, 0.6) is 0 Å². The van der Waals surface area contributed by atoms with Crippen molar-refractivity contribution in [2.45, 2.75) is 56.6 Å². The maximum Gasteiger partial charge on any atom is 0.313 e. The summed E-state index contributed by atoms with van der Waals surface area (Å²) in [7, 11) is 0. The molecule has 5 nitrogen and oxygen atoms in total. The first-order valence-electron chi connectivity index (χ1n) is 6.44. The third-order valence-electron chi connectivity index (χ3n) is 3.35. The fourth-order valence-corrected chi connectivity index (χ4v) is 3.28. The topological polar surface area (TPSA) is 68.0 Å². The molecule has 0 unspecified atom stereocenters. The predicted octanol–water partition coefficient (Wildman–Crippen LogP) is 2.66. The van der Waals surface area contributed by atoms with E-state index >= 15 is 0 Å². The van der Waals surface area contributed by atoms with Crippen LogP contribution in [-0.4, -0.2) is 31.6 Å². The van der Waals surface area contributed by atoms with Gasteiger partial charge in [0.25, 0.3) is 0 Å². The van der Waals surface area contributed by atoms with E-state index in [4.69, 9.17) is 5.11 Å². The minimum absolute atomic E-state index is 0.0465. The van der Waals surface area contributed by atoms with Crippen LogP contribution in [0.4, 0.5) is 0 Å². The van der Waals surface area contributed by atoms with Gasteiger partial charge >= 0.3 is 5.97 Å². The van der Waals surface area contributed by atoms with E-state index in [-0.39, 0.29) is 5.75 Å². The van der Waals surface area contributed by atoms with E-state index in [0.717, 1.165) is 23.8 Å². The molecule has 100 valence electrons. The number of thioether (sulfide) groups is 1. The second-order valence-electron chi connectivity index (χ2n) is 4.73. The van der Waals surface area contributed by atoms with Crippen LogP contribution in [0.15, 0.2) is 5.16 Å². The first-order chi connectivity index (χ1) is 8.68. The highest BCUT2D eigenvalue weighted by atomic mass is 32.2. The summed E-state index contributed by atoms with van der Waals surface area (Å²) in [5.74, 6) is 0.132. The summed E-state index contributed by atoms with van der Waals surface area (Å²) in [4.78, 5) is 10.6. The molecule has 1 heterocycles. The molecule has 2 rings (SSSR count). The van der Waals surface area contributed by atoms with Gasteiger partial charge in [0.1, 0.15) is 5.82 Å². The number of nitrogens with zero attached hydrogens (tertiary/aromatic N) is 3. The molecule has 0 amide bonds. The van der Waals surface area contributed by atoms with Crippen LogP contribution in [-0.2, 0) is 4.79 Å². The summed E-state index contributed by atoms with van der Waals surface area (Å²) in [5.41, 5.74) is 0. The molecule has 0 spiro atoms. The standard InChI is InChI=1S/C12H19N3O2S/c1-9-13-14-12(18-8-11(16)17)15(9)10-6-4-2-3-5-7-10/h10H,2-8H2,1H3,(H,16,17). The lowest BCUT2D eigenvalue weighted by Crippen LogP contribution is -2.12. The Kier molecular flexibility index (Phi) is 4.63. The van der Waals surface area contributed by atoms with E-state index in [0.29, 0.717) is 6.04 Å². The zero-order valence-electron chi connectivity index (χ0n) is 10.6. The van der Waals surface area contributed by atoms with E-state index in [9.17, 15) is 4.79 Å². The Morgan fingerprint density at radius 1 is 1.33 bits per heavy atom. The van der Waals surface area contributed by atoms with Crippen LogP contribution in [0.25, 0.3) is 0 Å². The quantitative estimate of drug-likeness (QED) is 0.672. The van der Waals surface area contributed by atoms with E-state index in [2.05, 4.69) is 14.8 Å². The van der Waals surface area contributed by atoms with Crippen LogP contribution in [0, 0.1) is 6.92 Å². The average Bonchev–Trinajstić information content (AvgIpc) is 2.55. The fraction of sp³-hybridized carbons (Fsp3) is 0.750. The van der Waals surface area contributed by atoms with E-state index < -0.39 is 5.97 Å². The predicted molar refractivity (Wildman–Crippen MR) is 69.9 cm³/mol. The lowest BCUT2D eigenvalue weighted by molar-refractivity contribution is -0.133. The number of rotatable bonds is 4. The second-order valence-corrected chi connectivity index (χ2v) is 5.67. The fourth-order valence-electron chi connectivity index (χ4n) is 2.51. The minimum Gasteiger partial charge on any atom is -0.481 e. The summed E-state index contributed by atoms with van der Waals surface area (Å²) in [6.07, 6.45) is 7.39. The number of carbonyl (C=O) groups is 1. The minimum atomic E-state index is -0.812. The van der Waals surface area contributed by atoms with Crippen molar-refractivity contribution in [3.63, 3.8) is 0 Å². The van der Waals surface area contributed by atoms with Crippen LogP contribution in [0.3, 0.4) is 0 Å². The SMILES string of the molecule is Cc1nnc(SCC(=O)O)n1C1CCCCCC1. The monoisotopic (exact) mass is 269 g/mol. The van der Waals surface area contributed by atoms with Gasteiger partial charge in [0.15, 0.2) is 5.16 Å². The van der Waals surface area contributed by atoms with Gasteiger partial charge in [0.05, 0.1) is 5.75 Å². The van der Waals surface area contributed by atoms with Crippen LogP contribution < -0.4 is 0 Å². The zero-order chi connectivity index (χ0) is 13.0. The molecule has 6 heteroatoms. The molecule has 0 aliphatic heterocycles. The number of carboxylic acids is 1. The second kappa shape index (κ2) is 6.22. The van der Waals surface area contributed by atoms with Crippen molar-refractivity contribution in [3.05, 3.63) is 5.82 Å². The van der Waals surface area contributed by atoms with Crippen molar-refractivity contribution in [3.8, 4) is 0 Å². The first-order valence-corrected chi connectivity index (χ1v) is 7.43. The molecule has 0 atom stereocenters. The molecular weight excluding hydrogens is 250 g/mol. The molecule has 0 radical (unpaired) electrons. The largest absolute Gasteiger partial charge is 0.481 e. The van der Waals surface area contributed by atoms with Gasteiger partial charge in [-0.2, -0.15) is 0 Å². The van der Waals surface area contributed by atoms with Crippen LogP contribution >= 0.6 is 11.8 Å². The Hall–Kier alpha value is -1.04. The van der Waals surface area contributed by atoms with Crippen LogP contribution in [0.2, 0.25) is 0 Å². The van der Waals surface area contributed by atoms with Crippen molar-refractivity contribution >= 4 is 17.7 Å². The highest BCUT2D eigenvalue weighted by Gasteiger charge is 2.20. The lowest BCUT2D eigenvalue weighted by Gasteiger charge is -2.18. The number of aromatic nitrogens is 3. The van der Waals surface area contributed by atoms with Crippen molar-refractivity contribution < 1.29 is 9.90 Å². The van der Waals surface area contributed by atoms with Gasteiger partial charge in [-0.1, -0.05) is 37.4 Å². The molecule has 1 fully saturated rings. The molecule has 1 aromatic rings. The molecular formula is C12H19N3O2S. The van der Waals surface area contributed by atoms with Gasteiger partial charge in [-0.05, 0) is 19.8 Å². The molecule has 0 saturated heterocycles. The smallest absolute Gasteiger partial charge is 0.313 e. The lowest BCUT2D eigenvalue weighted by atomic mass is 10.1. The zero-order valence-corrected chi connectivity index (χ0v) is 11.4. The average molecular weight is 269 g/mol. The molecule has 1 aliphatic carbocycles. The van der Waals surface area contributed by atoms with Crippen molar-refractivity contribution in [1.82, 2.24) is 14.8 Å². The maximum absolute atomic E-state index is 10.6. The Morgan fingerprint density at radius 3 is 2.61 bits per heavy atom. The van der Waals surface area contributed by atoms with Gasteiger partial charge in [-0.15, -0.1) is 10.2 Å². The summed E-state index contributed by atoms with van der Waals surface area (Å²) >= 11 is 1.27. The van der Waals surface area contributed by atoms with E-state index in [1.165, 1.54) is 37.4 Å². The number of carboxylic acid groups (broad SMARTS) is 1. The highest BCUT2D eigenvalue weighted by Crippen LogP contribution is 2.31. The molecule has 1 saturated carbocycles. The number of hydrogen-bond donors (Lipinski definition) is 1. The van der Waals surface area contributed by atoms with Gasteiger partial charge in [0, 0.05) is 6.04 Å². The van der Waals surface area contributed by atoms with Crippen molar-refractivity contribution in [1.29, 1.82) is 0 Å². The summed E-state index contributed by atoms with van der Waals surface area (Å²) < 4.78 is 2.14. The Morgan fingerprint density at radius 2 is 2.00 bits per heavy atom. The molecule has 1 aromatic heterocycles. The maximum atomic E-state index is 10.6. The normalized spacial score (nSPS) is 17.6. The summed E-state index contributed by atoms with van der Waals surface area (Å²) in [5, 5.41) is 17.7. The number of aliphatic carboxylic acids is 1. The third-order valence-corrected chi connectivity index (χ3v) is 4.28. The Labute approximate surface area is 111 Å². The molecule has 18 heavy (non-hydrogen) atoms. The summed E-state index contributed by atoms with van der Waals surface area (Å²) in [6.45, 7) is 1.95. The number of hydrogen-bond acceptors (Lipinski definition) is 4. The van der Waals surface area contributed by atoms with Gasteiger partial charge in [-0.3, -0.25) is 4.79 Å². The molecule has 0 aromatic carbocycles. The van der Waals surface area contributed by atoms with Crippen molar-refractivity contribution in [2.75, 3.05) is 5.75 Å². The third kappa shape index (κ3) is 3.25. The highest BCUT2D eigenvalue weighted by molar-refractivity contribution is 7.99. The summed E-state index contributed by atoms with van der Waals surface area (Å²) in [6, 6.07) is 0.443. The number of aryl methyl sites for hydroxylation is 1. The first kappa shape index (κ1) is 13.4. The Balaban J connectivity index is 2.13. The van der Waals surface area contributed by atoms with Gasteiger partial charge in [0.2, 0.25) is 0 Å². The van der Waals surface area contributed by atoms with Crippen LogP contribution in [0.1, 0.15) is 50.4 Å². The van der Waals surface area contributed by atoms with Gasteiger partial charge < -0.3 is 9.67 Å². The van der Waals surface area contributed by atoms with Crippen molar-refractivity contribution in [2.24, 2.45) is 0 Å².